The number of hydrogen-bond donors (Lipinski definition) is 0. The Kier molecular flexibility index (Phi) is 2.32. The van der Waals surface area contributed by atoms with E-state index in [1.165, 1.54) is 0 Å². The van der Waals surface area contributed by atoms with Gasteiger partial charge >= 0.3 is 0 Å². The van der Waals surface area contributed by atoms with Gasteiger partial charge in [-0.25, -0.2) is 0 Å². The minimum atomic E-state index is 0.233. The molecule has 1 heterocycles. The Bertz CT molecular complexity index is 184. The van der Waals surface area contributed by atoms with Crippen LogP contribution in [0.4, 0.5) is 0 Å². The molecule has 0 spiro atoms. The molecule has 0 radical (unpaired) electrons. The van der Waals surface area contributed by atoms with Gasteiger partial charge in [-0.05, 0) is 20.3 Å². The van der Waals surface area contributed by atoms with E-state index in [0.29, 0.717) is 12.5 Å². The summed E-state index contributed by atoms with van der Waals surface area (Å²) in [5.74, 6) is 0.233. The molecule has 2 nitrogen and oxygen atoms in total. The van der Waals surface area contributed by atoms with Crippen molar-refractivity contribution < 1.29 is 4.79 Å². The Hall–Kier alpha value is -0.790. The molecule has 0 unspecified atom stereocenters. The van der Waals surface area contributed by atoms with E-state index in [1.807, 2.05) is 18.7 Å². The summed E-state index contributed by atoms with van der Waals surface area (Å²) in [5, 5.41) is 0. The molecule has 62 valence electrons. The first kappa shape index (κ1) is 8.31. The van der Waals surface area contributed by atoms with E-state index in [4.69, 9.17) is 0 Å². The van der Waals surface area contributed by atoms with Crippen LogP contribution in [0.1, 0.15) is 26.7 Å². The van der Waals surface area contributed by atoms with Crippen molar-refractivity contribution in [1.29, 1.82) is 0 Å². The molecular weight excluding hydrogens is 138 g/mol. The normalized spacial score (nSPS) is 19.7. The van der Waals surface area contributed by atoms with Crippen molar-refractivity contribution in [2.24, 2.45) is 0 Å². The lowest BCUT2D eigenvalue weighted by atomic mass is 10.0. The largest absolute Gasteiger partial charge is 0.340 e. The van der Waals surface area contributed by atoms with Crippen LogP contribution in [0.3, 0.4) is 0 Å². The van der Waals surface area contributed by atoms with Crippen molar-refractivity contribution in [3.63, 3.8) is 0 Å². The summed E-state index contributed by atoms with van der Waals surface area (Å²) in [7, 11) is 0. The van der Waals surface area contributed by atoms with E-state index in [1.54, 1.807) is 0 Å². The quantitative estimate of drug-likeness (QED) is 0.524. The van der Waals surface area contributed by atoms with E-state index in [-0.39, 0.29) is 5.91 Å². The number of nitrogens with zero attached hydrogens (tertiary/aromatic N) is 1. The SMILES string of the molecule is C=C1CCN(C(C)C)C(=O)C1. The molecule has 0 aromatic carbocycles. The van der Waals surface area contributed by atoms with Crippen LogP contribution in [0, 0.1) is 0 Å². The highest BCUT2D eigenvalue weighted by Crippen LogP contribution is 2.16. The van der Waals surface area contributed by atoms with Gasteiger partial charge in [-0.3, -0.25) is 4.79 Å². The zero-order valence-corrected chi connectivity index (χ0v) is 7.26. The summed E-state index contributed by atoms with van der Waals surface area (Å²) in [6.45, 7) is 8.76. The molecule has 0 bridgehead atoms. The average Bonchev–Trinajstić information content (AvgIpc) is 1.85. The molecule has 0 atom stereocenters. The van der Waals surface area contributed by atoms with E-state index in [0.717, 1.165) is 18.5 Å². The van der Waals surface area contributed by atoms with E-state index in [2.05, 4.69) is 6.58 Å². The molecule has 2 heteroatoms. The molecule has 0 aromatic heterocycles. The fourth-order valence-corrected chi connectivity index (χ4v) is 1.35. The van der Waals surface area contributed by atoms with Gasteiger partial charge in [0.15, 0.2) is 0 Å². The number of rotatable bonds is 1. The van der Waals surface area contributed by atoms with Crippen LogP contribution in [0.25, 0.3) is 0 Å². The van der Waals surface area contributed by atoms with E-state index < -0.39 is 0 Å². The Morgan fingerprint density at radius 1 is 1.55 bits per heavy atom. The van der Waals surface area contributed by atoms with Gasteiger partial charge in [0.05, 0.1) is 0 Å². The molecule has 1 saturated heterocycles. The van der Waals surface area contributed by atoms with Crippen molar-refractivity contribution in [3.8, 4) is 0 Å². The van der Waals surface area contributed by atoms with Crippen LogP contribution in [-0.2, 0) is 4.79 Å². The van der Waals surface area contributed by atoms with Gasteiger partial charge in [0.2, 0.25) is 5.91 Å². The zero-order chi connectivity index (χ0) is 8.43. The predicted molar refractivity (Wildman–Crippen MR) is 45.2 cm³/mol. The number of hydrogen-bond acceptors (Lipinski definition) is 1. The smallest absolute Gasteiger partial charge is 0.226 e. The summed E-state index contributed by atoms with van der Waals surface area (Å²) in [5.41, 5.74) is 1.08. The first-order valence-electron chi connectivity index (χ1n) is 4.07. The highest BCUT2D eigenvalue weighted by atomic mass is 16.2. The first-order chi connectivity index (χ1) is 5.11. The maximum atomic E-state index is 11.3. The van der Waals surface area contributed by atoms with Gasteiger partial charge in [0, 0.05) is 19.0 Å². The Balaban J connectivity index is 2.57. The molecule has 1 aliphatic rings. The second-order valence-corrected chi connectivity index (χ2v) is 3.36. The van der Waals surface area contributed by atoms with Gasteiger partial charge in [-0.1, -0.05) is 12.2 Å². The number of carbonyl (C=O) groups excluding carboxylic acids is 1. The number of carbonyl (C=O) groups is 1. The molecule has 0 aliphatic carbocycles. The van der Waals surface area contributed by atoms with Gasteiger partial charge in [-0.15, -0.1) is 0 Å². The minimum absolute atomic E-state index is 0.233. The van der Waals surface area contributed by atoms with Gasteiger partial charge < -0.3 is 4.90 Å². The lowest BCUT2D eigenvalue weighted by Crippen LogP contribution is -2.40. The standard InChI is InChI=1S/C9H15NO/c1-7(2)10-5-4-8(3)6-9(10)11/h7H,3-6H2,1-2H3. The molecule has 11 heavy (non-hydrogen) atoms. The first-order valence-corrected chi connectivity index (χ1v) is 4.07. The monoisotopic (exact) mass is 153 g/mol. The van der Waals surface area contributed by atoms with Crippen LogP contribution in [0.2, 0.25) is 0 Å². The van der Waals surface area contributed by atoms with Gasteiger partial charge in [-0.2, -0.15) is 0 Å². The highest BCUT2D eigenvalue weighted by Gasteiger charge is 2.21. The maximum absolute atomic E-state index is 11.3. The Morgan fingerprint density at radius 2 is 2.18 bits per heavy atom. The second kappa shape index (κ2) is 3.07. The average molecular weight is 153 g/mol. The highest BCUT2D eigenvalue weighted by molar-refractivity contribution is 5.80. The Labute approximate surface area is 67.9 Å². The summed E-state index contributed by atoms with van der Waals surface area (Å²) in [6, 6.07) is 0.343. The molecule has 0 saturated carbocycles. The molecule has 1 aliphatic heterocycles. The molecular formula is C9H15NO. The van der Waals surface area contributed by atoms with Crippen molar-refractivity contribution in [2.75, 3.05) is 6.54 Å². The van der Waals surface area contributed by atoms with Crippen molar-refractivity contribution >= 4 is 5.91 Å². The molecule has 1 fully saturated rings. The zero-order valence-electron chi connectivity index (χ0n) is 7.26. The number of amides is 1. The summed E-state index contributed by atoms with van der Waals surface area (Å²) in [4.78, 5) is 13.2. The third-order valence-electron chi connectivity index (χ3n) is 2.05. The topological polar surface area (TPSA) is 20.3 Å². The van der Waals surface area contributed by atoms with E-state index >= 15 is 0 Å². The Morgan fingerprint density at radius 3 is 2.64 bits per heavy atom. The fraction of sp³-hybridized carbons (Fsp3) is 0.667. The van der Waals surface area contributed by atoms with Gasteiger partial charge in [0.1, 0.15) is 0 Å². The van der Waals surface area contributed by atoms with Crippen LogP contribution in [0.5, 0.6) is 0 Å². The fourth-order valence-electron chi connectivity index (χ4n) is 1.35. The molecule has 1 rings (SSSR count). The summed E-state index contributed by atoms with van der Waals surface area (Å²) < 4.78 is 0. The van der Waals surface area contributed by atoms with Crippen LogP contribution in [0.15, 0.2) is 12.2 Å². The minimum Gasteiger partial charge on any atom is -0.340 e. The lowest BCUT2D eigenvalue weighted by molar-refractivity contribution is -0.133. The lowest BCUT2D eigenvalue weighted by Gasteiger charge is -2.31. The van der Waals surface area contributed by atoms with Crippen molar-refractivity contribution in [1.82, 2.24) is 4.90 Å². The third-order valence-corrected chi connectivity index (χ3v) is 2.05. The number of piperidine rings is 1. The third kappa shape index (κ3) is 1.82. The summed E-state index contributed by atoms with van der Waals surface area (Å²) >= 11 is 0. The van der Waals surface area contributed by atoms with Crippen molar-refractivity contribution in [3.05, 3.63) is 12.2 Å². The van der Waals surface area contributed by atoms with Gasteiger partial charge in [0.25, 0.3) is 0 Å². The predicted octanol–water partition coefficient (Wildman–Crippen LogP) is 1.57. The molecule has 0 aromatic rings. The molecule has 1 amide bonds. The molecule has 0 N–H and O–H groups in total. The van der Waals surface area contributed by atoms with Crippen LogP contribution in [-0.4, -0.2) is 23.4 Å². The number of likely N-dealkylation sites (tertiary alicyclic amines) is 1. The summed E-state index contributed by atoms with van der Waals surface area (Å²) in [6.07, 6.45) is 1.53. The van der Waals surface area contributed by atoms with E-state index in [9.17, 15) is 4.79 Å². The van der Waals surface area contributed by atoms with Crippen molar-refractivity contribution in [2.45, 2.75) is 32.7 Å². The van der Waals surface area contributed by atoms with Crippen LogP contribution < -0.4 is 0 Å². The maximum Gasteiger partial charge on any atom is 0.226 e. The van der Waals surface area contributed by atoms with Crippen LogP contribution >= 0.6 is 0 Å². The second-order valence-electron chi connectivity index (χ2n) is 3.36.